The normalized spacial score (nSPS) is 11.7. The topological polar surface area (TPSA) is 105 Å². The van der Waals surface area contributed by atoms with Crippen molar-refractivity contribution in [2.75, 3.05) is 11.6 Å². The lowest BCUT2D eigenvalue weighted by molar-refractivity contribution is -0.141. The Hall–Kier alpha value is -4.57. The first-order valence-electron chi connectivity index (χ1n) is 10.6. The number of nitriles is 1. The van der Waals surface area contributed by atoms with Crippen molar-refractivity contribution < 1.29 is 35.2 Å². The van der Waals surface area contributed by atoms with Crippen LogP contribution in [-0.4, -0.2) is 30.4 Å². The number of aromatic nitrogens is 2. The van der Waals surface area contributed by atoms with Crippen molar-refractivity contribution >= 4 is 21.4 Å². The molecular formula is C25H15F5N4O3S. The highest BCUT2D eigenvalue weighted by molar-refractivity contribution is 7.90. The minimum Gasteiger partial charge on any atom is -0.318 e. The number of amides is 1. The van der Waals surface area contributed by atoms with Crippen LogP contribution in [0.15, 0.2) is 71.6 Å². The molecule has 0 radical (unpaired) electrons. The zero-order valence-electron chi connectivity index (χ0n) is 19.2. The summed E-state index contributed by atoms with van der Waals surface area (Å²) in [4.78, 5) is 12.3. The van der Waals surface area contributed by atoms with Crippen molar-refractivity contribution in [1.29, 1.82) is 5.26 Å². The van der Waals surface area contributed by atoms with Crippen molar-refractivity contribution in [3.63, 3.8) is 0 Å². The van der Waals surface area contributed by atoms with Gasteiger partial charge in [-0.25, -0.2) is 21.9 Å². The van der Waals surface area contributed by atoms with E-state index < -0.39 is 61.1 Å². The highest BCUT2D eigenvalue weighted by Gasteiger charge is 2.36. The highest BCUT2D eigenvalue weighted by atomic mass is 32.2. The van der Waals surface area contributed by atoms with Crippen molar-refractivity contribution in [3.8, 4) is 22.9 Å². The molecule has 0 unspecified atom stereocenters. The van der Waals surface area contributed by atoms with Gasteiger partial charge in [-0.1, -0.05) is 36.4 Å². The summed E-state index contributed by atoms with van der Waals surface area (Å²) in [5.41, 5.74) is -3.21. The molecule has 0 aliphatic carbocycles. The standard InChI is InChI=1S/C25H15F5N4O3S/c1-38(36,37)23-17(14-5-3-2-4-6-14)8-10-19(22(23)27)32-24(35)20-12-21(25(28,29)30)33-34(20)16-7-9-18(26)15(11-16)13-31/h2-12H,1H3,(H,32,35). The molecule has 1 amide bonds. The average molecular weight is 546 g/mol. The van der Waals surface area contributed by atoms with E-state index in [4.69, 9.17) is 5.26 Å². The molecule has 0 spiro atoms. The molecule has 0 fully saturated rings. The number of sulfone groups is 1. The number of carbonyl (C=O) groups is 1. The summed E-state index contributed by atoms with van der Waals surface area (Å²) in [5.74, 6) is -3.54. The third kappa shape index (κ3) is 5.12. The molecule has 7 nitrogen and oxygen atoms in total. The van der Waals surface area contributed by atoms with Gasteiger partial charge in [0.15, 0.2) is 21.3 Å². The third-order valence-electron chi connectivity index (χ3n) is 5.35. The minimum absolute atomic E-state index is 0.0170. The predicted molar refractivity (Wildman–Crippen MR) is 126 cm³/mol. The number of benzene rings is 3. The minimum atomic E-state index is -4.98. The Morgan fingerprint density at radius 1 is 1.03 bits per heavy atom. The Kier molecular flexibility index (Phi) is 6.77. The summed E-state index contributed by atoms with van der Waals surface area (Å²) in [6.45, 7) is 0. The molecule has 1 aromatic heterocycles. The average Bonchev–Trinajstić information content (AvgIpc) is 3.31. The van der Waals surface area contributed by atoms with Crippen LogP contribution in [-0.2, 0) is 16.0 Å². The summed E-state index contributed by atoms with van der Waals surface area (Å²) in [5, 5.41) is 14.5. The fourth-order valence-corrected chi connectivity index (χ4v) is 4.68. The molecule has 0 saturated carbocycles. The Morgan fingerprint density at radius 3 is 2.32 bits per heavy atom. The van der Waals surface area contributed by atoms with Gasteiger partial charge in [0, 0.05) is 17.9 Å². The molecular weight excluding hydrogens is 531 g/mol. The SMILES string of the molecule is CS(=O)(=O)c1c(-c2ccccc2)ccc(NC(=O)c2cc(C(F)(F)F)nn2-c2ccc(F)c(C#N)c2)c1F. The number of nitrogens with one attached hydrogen (secondary N) is 1. The fraction of sp³-hybridized carbons (Fsp3) is 0.0800. The van der Waals surface area contributed by atoms with Crippen LogP contribution in [0.5, 0.6) is 0 Å². The number of rotatable bonds is 5. The van der Waals surface area contributed by atoms with Gasteiger partial charge in [0.2, 0.25) is 0 Å². The number of carbonyl (C=O) groups excluding carboxylic acids is 1. The van der Waals surface area contributed by atoms with Gasteiger partial charge in [-0.05, 0) is 29.8 Å². The van der Waals surface area contributed by atoms with Gasteiger partial charge in [0.25, 0.3) is 5.91 Å². The van der Waals surface area contributed by atoms with E-state index in [1.807, 2.05) is 0 Å². The summed E-state index contributed by atoms with van der Waals surface area (Å²) < 4.78 is 94.9. The van der Waals surface area contributed by atoms with Crippen LogP contribution in [0.3, 0.4) is 0 Å². The molecule has 0 bridgehead atoms. The lowest BCUT2D eigenvalue weighted by Gasteiger charge is -2.14. The van der Waals surface area contributed by atoms with Crippen molar-refractivity contribution in [2.45, 2.75) is 11.1 Å². The molecule has 3 aromatic carbocycles. The van der Waals surface area contributed by atoms with E-state index in [1.54, 1.807) is 30.3 Å². The Balaban J connectivity index is 1.82. The van der Waals surface area contributed by atoms with E-state index in [1.165, 1.54) is 12.1 Å². The monoisotopic (exact) mass is 546 g/mol. The summed E-state index contributed by atoms with van der Waals surface area (Å²) >= 11 is 0. The van der Waals surface area contributed by atoms with E-state index in [2.05, 4.69) is 10.4 Å². The maximum absolute atomic E-state index is 15.5. The van der Waals surface area contributed by atoms with Crippen LogP contribution in [0.1, 0.15) is 21.7 Å². The Labute approximate surface area is 212 Å². The summed E-state index contributed by atoms with van der Waals surface area (Å²) in [6, 6.07) is 14.9. The zero-order chi connectivity index (χ0) is 27.8. The first-order valence-corrected chi connectivity index (χ1v) is 12.5. The van der Waals surface area contributed by atoms with Gasteiger partial charge < -0.3 is 5.32 Å². The van der Waals surface area contributed by atoms with Crippen molar-refractivity contribution in [1.82, 2.24) is 9.78 Å². The largest absolute Gasteiger partial charge is 0.435 e. The Morgan fingerprint density at radius 2 is 1.71 bits per heavy atom. The van der Waals surface area contributed by atoms with Crippen molar-refractivity contribution in [3.05, 3.63) is 95.3 Å². The molecule has 194 valence electrons. The second kappa shape index (κ2) is 9.71. The first-order chi connectivity index (χ1) is 17.8. The van der Waals surface area contributed by atoms with Crippen LogP contribution >= 0.6 is 0 Å². The third-order valence-corrected chi connectivity index (χ3v) is 6.49. The molecule has 0 saturated heterocycles. The molecule has 4 aromatic rings. The van der Waals surface area contributed by atoms with E-state index in [0.717, 1.165) is 30.5 Å². The maximum Gasteiger partial charge on any atom is 0.435 e. The van der Waals surface area contributed by atoms with Crippen LogP contribution in [0, 0.1) is 23.0 Å². The molecule has 1 N–H and O–H groups in total. The van der Waals surface area contributed by atoms with Gasteiger partial charge in [-0.15, -0.1) is 0 Å². The smallest absolute Gasteiger partial charge is 0.318 e. The van der Waals surface area contributed by atoms with E-state index >= 15 is 4.39 Å². The molecule has 4 rings (SSSR count). The summed E-state index contributed by atoms with van der Waals surface area (Å²) in [6.07, 6.45) is -4.21. The van der Waals surface area contributed by atoms with Gasteiger partial charge >= 0.3 is 6.18 Å². The van der Waals surface area contributed by atoms with Gasteiger partial charge in [0.1, 0.15) is 22.5 Å². The number of hydrogen-bond acceptors (Lipinski definition) is 5. The number of alkyl halides is 3. The lowest BCUT2D eigenvalue weighted by atomic mass is 10.0. The molecule has 1 heterocycles. The van der Waals surface area contributed by atoms with Gasteiger partial charge in [-0.3, -0.25) is 4.79 Å². The highest BCUT2D eigenvalue weighted by Crippen LogP contribution is 2.34. The van der Waals surface area contributed by atoms with Crippen LogP contribution in [0.25, 0.3) is 16.8 Å². The van der Waals surface area contributed by atoms with E-state index in [0.29, 0.717) is 16.3 Å². The number of anilines is 1. The molecule has 0 aliphatic heterocycles. The zero-order valence-corrected chi connectivity index (χ0v) is 20.0. The molecule has 0 aliphatic rings. The second-order valence-electron chi connectivity index (χ2n) is 8.00. The quantitative estimate of drug-likeness (QED) is 0.339. The second-order valence-corrected chi connectivity index (χ2v) is 9.95. The molecule has 0 atom stereocenters. The number of nitrogens with zero attached hydrogens (tertiary/aromatic N) is 3. The first kappa shape index (κ1) is 26.5. The van der Waals surface area contributed by atoms with Crippen molar-refractivity contribution in [2.24, 2.45) is 0 Å². The van der Waals surface area contributed by atoms with E-state index in [9.17, 15) is 30.8 Å². The Bertz CT molecular complexity index is 1710. The number of halogens is 5. The lowest BCUT2D eigenvalue weighted by Crippen LogP contribution is -2.18. The van der Waals surface area contributed by atoms with Crippen LogP contribution < -0.4 is 5.32 Å². The van der Waals surface area contributed by atoms with Crippen LogP contribution in [0.2, 0.25) is 0 Å². The fourth-order valence-electron chi connectivity index (χ4n) is 3.66. The number of hydrogen-bond donors (Lipinski definition) is 1. The molecule has 13 heteroatoms. The predicted octanol–water partition coefficient (Wildman–Crippen LogP) is 5.36. The van der Waals surface area contributed by atoms with Gasteiger partial charge in [0.05, 0.1) is 16.9 Å². The summed E-state index contributed by atoms with van der Waals surface area (Å²) in [7, 11) is -4.17. The van der Waals surface area contributed by atoms with E-state index in [-0.39, 0.29) is 11.3 Å². The van der Waals surface area contributed by atoms with Gasteiger partial charge in [-0.2, -0.15) is 23.5 Å². The maximum atomic E-state index is 15.5. The van der Waals surface area contributed by atoms with Crippen LogP contribution in [0.4, 0.5) is 27.6 Å². The molecule has 38 heavy (non-hydrogen) atoms.